The van der Waals surface area contributed by atoms with Gasteiger partial charge in [-0.15, -0.1) is 0 Å². The van der Waals surface area contributed by atoms with Crippen LogP contribution in [0.15, 0.2) is 18.2 Å². The maximum Gasteiger partial charge on any atom is 0.203 e. The Hall–Kier alpha value is -0.820. The molecule has 1 aromatic carbocycles. The van der Waals surface area contributed by atoms with Crippen molar-refractivity contribution in [3.05, 3.63) is 34.3 Å². The molecule has 0 fully saturated rings. The Morgan fingerprint density at radius 3 is 2.82 bits per heavy atom. The zero-order chi connectivity index (χ0) is 8.27. The standard InChI is InChI=1S/C9H8ClO/c1-7-3-2-4-9(10)8(7)5-6-11/h2-4H,5H2,1H3. The van der Waals surface area contributed by atoms with E-state index in [1.807, 2.05) is 25.3 Å². The van der Waals surface area contributed by atoms with E-state index in [1.165, 1.54) is 0 Å². The van der Waals surface area contributed by atoms with Crippen molar-refractivity contribution in [2.75, 3.05) is 0 Å². The summed E-state index contributed by atoms with van der Waals surface area (Å²) in [6.45, 7) is 1.93. The van der Waals surface area contributed by atoms with Gasteiger partial charge in [-0.05, 0) is 24.1 Å². The van der Waals surface area contributed by atoms with Gasteiger partial charge >= 0.3 is 0 Å². The predicted molar refractivity (Wildman–Crippen MR) is 45.6 cm³/mol. The van der Waals surface area contributed by atoms with Crippen molar-refractivity contribution in [3.8, 4) is 0 Å². The largest absolute Gasteiger partial charge is 0.291 e. The zero-order valence-electron chi connectivity index (χ0n) is 6.23. The van der Waals surface area contributed by atoms with Crippen molar-refractivity contribution in [2.45, 2.75) is 13.3 Å². The maximum atomic E-state index is 10.1. The Morgan fingerprint density at radius 2 is 2.27 bits per heavy atom. The number of halogens is 1. The van der Waals surface area contributed by atoms with Gasteiger partial charge in [-0.2, -0.15) is 0 Å². The SMILES string of the molecule is Cc1cccc(Cl)c1C[C]=O. The van der Waals surface area contributed by atoms with E-state index in [1.54, 1.807) is 6.07 Å². The van der Waals surface area contributed by atoms with Crippen molar-refractivity contribution in [2.24, 2.45) is 0 Å². The van der Waals surface area contributed by atoms with E-state index in [9.17, 15) is 4.79 Å². The van der Waals surface area contributed by atoms with Crippen molar-refractivity contribution < 1.29 is 4.79 Å². The Labute approximate surface area is 71.0 Å². The Balaban J connectivity index is 3.09. The average molecular weight is 168 g/mol. The lowest BCUT2D eigenvalue weighted by Crippen LogP contribution is -1.90. The smallest absolute Gasteiger partial charge is 0.203 e. The lowest BCUT2D eigenvalue weighted by atomic mass is 10.1. The lowest BCUT2D eigenvalue weighted by molar-refractivity contribution is 0.555. The van der Waals surface area contributed by atoms with Crippen LogP contribution >= 0.6 is 11.6 Å². The molecule has 1 aromatic rings. The monoisotopic (exact) mass is 167 g/mol. The molecule has 0 atom stereocenters. The summed E-state index contributed by atoms with van der Waals surface area (Å²) in [6.07, 6.45) is 2.11. The molecule has 1 radical (unpaired) electrons. The molecule has 57 valence electrons. The first-order valence-corrected chi connectivity index (χ1v) is 3.72. The van der Waals surface area contributed by atoms with Gasteiger partial charge in [-0.3, -0.25) is 4.79 Å². The second-order valence-corrected chi connectivity index (χ2v) is 2.76. The zero-order valence-corrected chi connectivity index (χ0v) is 6.98. The van der Waals surface area contributed by atoms with Crippen molar-refractivity contribution in [1.82, 2.24) is 0 Å². The molecule has 0 saturated heterocycles. The van der Waals surface area contributed by atoms with Gasteiger partial charge in [0.2, 0.25) is 6.29 Å². The third-order valence-corrected chi connectivity index (χ3v) is 1.96. The normalized spacial score (nSPS) is 9.64. The summed E-state index contributed by atoms with van der Waals surface area (Å²) < 4.78 is 0. The molecule has 1 rings (SSSR count). The van der Waals surface area contributed by atoms with Crippen molar-refractivity contribution in [3.63, 3.8) is 0 Å². The lowest BCUT2D eigenvalue weighted by Gasteiger charge is -2.02. The van der Waals surface area contributed by atoms with Gasteiger partial charge in [0, 0.05) is 11.4 Å². The number of aryl methyl sites for hydroxylation is 1. The topological polar surface area (TPSA) is 17.1 Å². The van der Waals surface area contributed by atoms with Gasteiger partial charge < -0.3 is 0 Å². The average Bonchev–Trinajstić information content (AvgIpc) is 1.97. The van der Waals surface area contributed by atoms with Gasteiger partial charge in [-0.1, -0.05) is 23.7 Å². The summed E-state index contributed by atoms with van der Waals surface area (Å²) in [5.74, 6) is 0. The van der Waals surface area contributed by atoms with Gasteiger partial charge in [0.15, 0.2) is 0 Å². The number of carbonyl (C=O) groups excluding carboxylic acids is 1. The van der Waals surface area contributed by atoms with Gasteiger partial charge in [0.1, 0.15) is 0 Å². The van der Waals surface area contributed by atoms with Crippen LogP contribution < -0.4 is 0 Å². The fourth-order valence-corrected chi connectivity index (χ4v) is 1.25. The molecule has 0 amide bonds. The summed E-state index contributed by atoms with van der Waals surface area (Å²) in [5.41, 5.74) is 1.92. The molecule has 0 aliphatic carbocycles. The Morgan fingerprint density at radius 1 is 1.55 bits per heavy atom. The van der Waals surface area contributed by atoms with E-state index in [2.05, 4.69) is 0 Å². The molecule has 0 unspecified atom stereocenters. The van der Waals surface area contributed by atoms with Crippen LogP contribution in [0.3, 0.4) is 0 Å². The van der Waals surface area contributed by atoms with E-state index >= 15 is 0 Å². The summed E-state index contributed by atoms with van der Waals surface area (Å²) in [7, 11) is 0. The minimum absolute atomic E-state index is 0.283. The third kappa shape index (κ3) is 1.81. The molecule has 0 saturated carbocycles. The molecular formula is C9H8ClO. The van der Waals surface area contributed by atoms with Crippen LogP contribution in [0.4, 0.5) is 0 Å². The van der Waals surface area contributed by atoms with Crippen LogP contribution in [0.25, 0.3) is 0 Å². The molecule has 0 aliphatic rings. The first kappa shape index (κ1) is 8.28. The molecule has 0 aliphatic heterocycles. The summed E-state index contributed by atoms with van der Waals surface area (Å²) >= 11 is 5.83. The molecular weight excluding hydrogens is 160 g/mol. The number of benzene rings is 1. The van der Waals surface area contributed by atoms with Crippen LogP contribution in [0, 0.1) is 6.92 Å². The first-order valence-electron chi connectivity index (χ1n) is 3.34. The molecule has 2 heteroatoms. The fourth-order valence-electron chi connectivity index (χ4n) is 0.963. The second-order valence-electron chi connectivity index (χ2n) is 2.36. The highest BCUT2D eigenvalue weighted by molar-refractivity contribution is 6.31. The Kier molecular flexibility index (Phi) is 2.66. The quantitative estimate of drug-likeness (QED) is 0.661. The van der Waals surface area contributed by atoms with E-state index in [0.29, 0.717) is 5.02 Å². The molecule has 0 bridgehead atoms. The maximum absolute atomic E-state index is 10.1. The van der Waals surface area contributed by atoms with Crippen LogP contribution in [-0.4, -0.2) is 6.29 Å². The van der Waals surface area contributed by atoms with Crippen molar-refractivity contribution >= 4 is 17.9 Å². The third-order valence-electron chi connectivity index (χ3n) is 1.60. The molecule has 0 aromatic heterocycles. The molecule has 0 spiro atoms. The molecule has 1 nitrogen and oxygen atoms in total. The number of rotatable bonds is 2. The summed E-state index contributed by atoms with van der Waals surface area (Å²) in [4.78, 5) is 10.1. The minimum atomic E-state index is 0.283. The van der Waals surface area contributed by atoms with E-state index in [4.69, 9.17) is 11.6 Å². The highest BCUT2D eigenvalue weighted by atomic mass is 35.5. The number of hydrogen-bond acceptors (Lipinski definition) is 1. The van der Waals surface area contributed by atoms with Gasteiger partial charge in [-0.25, -0.2) is 0 Å². The minimum Gasteiger partial charge on any atom is -0.291 e. The summed E-state index contributed by atoms with van der Waals surface area (Å²) in [6, 6.07) is 5.58. The van der Waals surface area contributed by atoms with Crippen LogP contribution in [-0.2, 0) is 11.2 Å². The first-order chi connectivity index (χ1) is 5.25. The fraction of sp³-hybridized carbons (Fsp3) is 0.222. The van der Waals surface area contributed by atoms with Crippen LogP contribution in [0.1, 0.15) is 11.1 Å². The number of hydrogen-bond donors (Lipinski definition) is 0. The predicted octanol–water partition coefficient (Wildman–Crippen LogP) is 2.30. The van der Waals surface area contributed by atoms with E-state index in [0.717, 1.165) is 11.1 Å². The van der Waals surface area contributed by atoms with Crippen molar-refractivity contribution in [1.29, 1.82) is 0 Å². The molecule has 0 heterocycles. The Bertz CT molecular complexity index is 248. The summed E-state index contributed by atoms with van der Waals surface area (Å²) in [5, 5.41) is 0.647. The van der Waals surface area contributed by atoms with E-state index in [-0.39, 0.29) is 6.42 Å². The highest BCUT2D eigenvalue weighted by Crippen LogP contribution is 2.18. The second kappa shape index (κ2) is 3.54. The molecule has 11 heavy (non-hydrogen) atoms. The highest BCUT2D eigenvalue weighted by Gasteiger charge is 2.01. The van der Waals surface area contributed by atoms with Crippen LogP contribution in [0.2, 0.25) is 5.02 Å². The van der Waals surface area contributed by atoms with Crippen LogP contribution in [0.5, 0.6) is 0 Å². The van der Waals surface area contributed by atoms with Gasteiger partial charge in [0.25, 0.3) is 0 Å². The van der Waals surface area contributed by atoms with E-state index < -0.39 is 0 Å². The molecule has 0 N–H and O–H groups in total. The van der Waals surface area contributed by atoms with Gasteiger partial charge in [0.05, 0.1) is 0 Å².